The maximum Gasteiger partial charge on any atom is 0.276 e. The predicted octanol–water partition coefficient (Wildman–Crippen LogP) is 1.32. The van der Waals surface area contributed by atoms with Crippen molar-refractivity contribution in [2.75, 3.05) is 0 Å². The lowest BCUT2D eigenvalue weighted by atomic mass is 10.3. The Morgan fingerprint density at radius 1 is 1.43 bits per heavy atom. The molecule has 0 aliphatic carbocycles. The van der Waals surface area contributed by atoms with Gasteiger partial charge in [0.15, 0.2) is 0 Å². The third kappa shape index (κ3) is 1.14. The van der Waals surface area contributed by atoms with Gasteiger partial charge in [0.25, 0.3) is 5.56 Å². The van der Waals surface area contributed by atoms with Crippen molar-refractivity contribution in [1.29, 1.82) is 0 Å². The van der Waals surface area contributed by atoms with Crippen LogP contribution in [0, 0.1) is 0 Å². The maximum atomic E-state index is 12.0. The Hall–Kier alpha value is -1.58. The molecule has 0 saturated carbocycles. The van der Waals surface area contributed by atoms with Gasteiger partial charge in [-0.15, -0.1) is 0 Å². The molecule has 14 heavy (non-hydrogen) atoms. The van der Waals surface area contributed by atoms with Crippen LogP contribution in [0.2, 0.25) is 0 Å². The zero-order chi connectivity index (χ0) is 10.3. The second-order valence-electron chi connectivity index (χ2n) is 3.69. The number of nitrogens with zero attached hydrogens (tertiary/aromatic N) is 3. The van der Waals surface area contributed by atoms with E-state index in [9.17, 15) is 4.79 Å². The Bertz CT molecular complexity index is 522. The van der Waals surface area contributed by atoms with Crippen LogP contribution in [0.4, 0.5) is 0 Å². The largest absolute Gasteiger partial charge is 0.311 e. The number of aryl methyl sites for hydroxylation is 1. The van der Waals surface area contributed by atoms with Crippen molar-refractivity contribution < 1.29 is 0 Å². The molecule has 2 aromatic rings. The topological polar surface area (TPSA) is 39.8 Å². The average Bonchev–Trinajstić information content (AvgIpc) is 2.48. The average molecular weight is 191 g/mol. The number of fused-ring (bicyclic) bond motifs is 1. The molecule has 0 N–H and O–H groups in total. The highest BCUT2D eigenvalue weighted by atomic mass is 16.1. The fourth-order valence-electron chi connectivity index (χ4n) is 1.60. The summed E-state index contributed by atoms with van der Waals surface area (Å²) in [6.45, 7) is 3.98. The number of pyridine rings is 1. The van der Waals surface area contributed by atoms with Crippen molar-refractivity contribution in [3.63, 3.8) is 0 Å². The Morgan fingerprint density at radius 2 is 2.14 bits per heavy atom. The highest BCUT2D eigenvalue weighted by Crippen LogP contribution is 2.09. The zero-order valence-corrected chi connectivity index (χ0v) is 8.56. The highest BCUT2D eigenvalue weighted by molar-refractivity contribution is 5.77. The molecule has 4 nitrogen and oxygen atoms in total. The van der Waals surface area contributed by atoms with E-state index < -0.39 is 0 Å². The van der Waals surface area contributed by atoms with Gasteiger partial charge in [0.2, 0.25) is 0 Å². The lowest BCUT2D eigenvalue weighted by Crippen LogP contribution is -2.22. The molecule has 0 amide bonds. The molecule has 0 aliphatic heterocycles. The van der Waals surface area contributed by atoms with Gasteiger partial charge in [-0.2, -0.15) is 5.10 Å². The van der Waals surface area contributed by atoms with Crippen LogP contribution in [0.3, 0.4) is 0 Å². The first kappa shape index (κ1) is 8.99. The van der Waals surface area contributed by atoms with Gasteiger partial charge < -0.3 is 4.57 Å². The third-order valence-corrected chi connectivity index (χ3v) is 2.38. The standard InChI is InChI=1S/C10H13N3O/c1-7(2)13-5-4-8-6-11-12(3)9(8)10(13)14/h4-7H,1-3H3. The minimum absolute atomic E-state index is 0.0255. The second-order valence-corrected chi connectivity index (χ2v) is 3.69. The first-order valence-electron chi connectivity index (χ1n) is 4.64. The minimum Gasteiger partial charge on any atom is -0.311 e. The van der Waals surface area contributed by atoms with Gasteiger partial charge in [0.1, 0.15) is 5.52 Å². The normalized spacial score (nSPS) is 11.4. The van der Waals surface area contributed by atoms with E-state index >= 15 is 0 Å². The summed E-state index contributed by atoms with van der Waals surface area (Å²) in [5.41, 5.74) is 0.693. The molecule has 0 bridgehead atoms. The molecule has 0 radical (unpaired) electrons. The summed E-state index contributed by atoms with van der Waals surface area (Å²) in [6.07, 6.45) is 3.53. The molecule has 2 rings (SSSR count). The first-order chi connectivity index (χ1) is 6.61. The van der Waals surface area contributed by atoms with E-state index in [-0.39, 0.29) is 11.6 Å². The summed E-state index contributed by atoms with van der Waals surface area (Å²) < 4.78 is 3.33. The quantitative estimate of drug-likeness (QED) is 0.682. The van der Waals surface area contributed by atoms with E-state index in [2.05, 4.69) is 5.10 Å². The van der Waals surface area contributed by atoms with E-state index in [1.54, 1.807) is 22.5 Å². The van der Waals surface area contributed by atoms with Crippen LogP contribution in [-0.4, -0.2) is 14.3 Å². The summed E-state index contributed by atoms with van der Waals surface area (Å²) in [7, 11) is 1.79. The minimum atomic E-state index is 0.0255. The molecule has 0 spiro atoms. The number of hydrogen-bond acceptors (Lipinski definition) is 2. The number of hydrogen-bond donors (Lipinski definition) is 0. The molecular formula is C10H13N3O. The van der Waals surface area contributed by atoms with Crippen LogP contribution in [0.15, 0.2) is 23.3 Å². The molecule has 0 unspecified atom stereocenters. The summed E-state index contributed by atoms with van der Waals surface area (Å²) in [5, 5.41) is 4.96. The molecule has 0 aromatic carbocycles. The van der Waals surface area contributed by atoms with E-state index in [1.165, 1.54) is 0 Å². The van der Waals surface area contributed by atoms with Crippen LogP contribution in [-0.2, 0) is 7.05 Å². The summed E-state index contributed by atoms with van der Waals surface area (Å²) >= 11 is 0. The van der Waals surface area contributed by atoms with Crippen molar-refractivity contribution in [2.45, 2.75) is 19.9 Å². The van der Waals surface area contributed by atoms with Crippen LogP contribution >= 0.6 is 0 Å². The van der Waals surface area contributed by atoms with Crippen LogP contribution in [0.1, 0.15) is 19.9 Å². The Labute approximate surface area is 81.8 Å². The summed E-state index contributed by atoms with van der Waals surface area (Å²) in [4.78, 5) is 12.0. The predicted molar refractivity (Wildman–Crippen MR) is 55.4 cm³/mol. The molecule has 2 aromatic heterocycles. The smallest absolute Gasteiger partial charge is 0.276 e. The highest BCUT2D eigenvalue weighted by Gasteiger charge is 2.08. The molecule has 0 saturated heterocycles. The molecule has 2 heterocycles. The lowest BCUT2D eigenvalue weighted by Gasteiger charge is -2.09. The molecule has 0 fully saturated rings. The van der Waals surface area contributed by atoms with Crippen LogP contribution < -0.4 is 5.56 Å². The fourth-order valence-corrected chi connectivity index (χ4v) is 1.60. The number of rotatable bonds is 1. The van der Waals surface area contributed by atoms with Gasteiger partial charge >= 0.3 is 0 Å². The Balaban J connectivity index is 2.86. The van der Waals surface area contributed by atoms with Crippen LogP contribution in [0.5, 0.6) is 0 Å². The monoisotopic (exact) mass is 191 g/mol. The van der Waals surface area contributed by atoms with Crippen molar-refractivity contribution in [1.82, 2.24) is 14.3 Å². The zero-order valence-electron chi connectivity index (χ0n) is 8.56. The Morgan fingerprint density at radius 3 is 2.79 bits per heavy atom. The van der Waals surface area contributed by atoms with Crippen LogP contribution in [0.25, 0.3) is 10.9 Å². The van der Waals surface area contributed by atoms with Gasteiger partial charge in [0.05, 0.1) is 6.20 Å². The molecule has 0 aliphatic rings. The summed E-state index contributed by atoms with van der Waals surface area (Å²) in [6, 6.07) is 2.10. The van der Waals surface area contributed by atoms with Gasteiger partial charge in [0, 0.05) is 24.7 Å². The van der Waals surface area contributed by atoms with E-state index in [0.29, 0.717) is 5.52 Å². The first-order valence-corrected chi connectivity index (χ1v) is 4.64. The lowest BCUT2D eigenvalue weighted by molar-refractivity contribution is 0.579. The molecule has 4 heteroatoms. The SMILES string of the molecule is CC(C)n1ccc2cnn(C)c2c1=O. The van der Waals surface area contributed by atoms with E-state index in [1.807, 2.05) is 26.1 Å². The van der Waals surface area contributed by atoms with Crippen molar-refractivity contribution >= 4 is 10.9 Å². The van der Waals surface area contributed by atoms with E-state index in [4.69, 9.17) is 0 Å². The fraction of sp³-hybridized carbons (Fsp3) is 0.400. The molecule has 0 atom stereocenters. The van der Waals surface area contributed by atoms with Gasteiger partial charge in [-0.1, -0.05) is 0 Å². The third-order valence-electron chi connectivity index (χ3n) is 2.38. The van der Waals surface area contributed by atoms with E-state index in [0.717, 1.165) is 5.39 Å². The second kappa shape index (κ2) is 2.97. The van der Waals surface area contributed by atoms with Gasteiger partial charge in [-0.3, -0.25) is 9.48 Å². The molecule has 74 valence electrons. The van der Waals surface area contributed by atoms with Crippen molar-refractivity contribution in [3.05, 3.63) is 28.8 Å². The molecular weight excluding hydrogens is 178 g/mol. The summed E-state index contributed by atoms with van der Waals surface area (Å²) in [5.74, 6) is 0. The van der Waals surface area contributed by atoms with Crippen molar-refractivity contribution in [3.8, 4) is 0 Å². The van der Waals surface area contributed by atoms with Gasteiger partial charge in [-0.25, -0.2) is 0 Å². The Kier molecular flexibility index (Phi) is 1.91. The number of aromatic nitrogens is 3. The van der Waals surface area contributed by atoms with Gasteiger partial charge in [-0.05, 0) is 19.9 Å². The van der Waals surface area contributed by atoms with Crippen molar-refractivity contribution in [2.24, 2.45) is 7.05 Å². The maximum absolute atomic E-state index is 12.0.